The highest BCUT2D eigenvalue weighted by Gasteiger charge is 2.19. The molecule has 1 aromatic rings. The van der Waals surface area contributed by atoms with E-state index in [2.05, 4.69) is 5.32 Å². The van der Waals surface area contributed by atoms with Crippen LogP contribution < -0.4 is 5.32 Å². The van der Waals surface area contributed by atoms with Crippen LogP contribution in [0.25, 0.3) is 0 Å². The molecule has 0 aliphatic carbocycles. The number of nitrogens with one attached hydrogen (secondary N) is 1. The van der Waals surface area contributed by atoms with Gasteiger partial charge in [-0.2, -0.15) is 0 Å². The van der Waals surface area contributed by atoms with Gasteiger partial charge in [0.05, 0.1) is 26.6 Å². The van der Waals surface area contributed by atoms with Crippen molar-refractivity contribution in [1.82, 2.24) is 5.32 Å². The number of halogens is 2. The van der Waals surface area contributed by atoms with Gasteiger partial charge in [0.1, 0.15) is 0 Å². The first-order valence-electron chi connectivity index (χ1n) is 5.31. The van der Waals surface area contributed by atoms with Crippen molar-refractivity contribution in [2.24, 2.45) is 0 Å². The van der Waals surface area contributed by atoms with Gasteiger partial charge in [-0.15, -0.1) is 0 Å². The number of nitro benzene ring substituents is 1. The predicted octanol–water partition coefficient (Wildman–Crippen LogP) is 2.67. The molecule has 1 atom stereocenters. The molecule has 1 rings (SSSR count). The minimum atomic E-state index is -0.642. The molecule has 0 aromatic heterocycles. The summed E-state index contributed by atoms with van der Waals surface area (Å²) in [5.41, 5.74) is -0.330. The molecule has 19 heavy (non-hydrogen) atoms. The number of benzene rings is 1. The third-order valence-corrected chi connectivity index (χ3v) is 3.22. The largest absolute Gasteiger partial charge is 0.380 e. The highest BCUT2D eigenvalue weighted by molar-refractivity contribution is 6.44. The van der Waals surface area contributed by atoms with Crippen LogP contribution in [0.15, 0.2) is 12.1 Å². The second-order valence-electron chi connectivity index (χ2n) is 3.80. The number of non-ortho nitro benzene ring substituents is 1. The number of methoxy groups -OCH3 is 1. The molecular weight excluding hydrogens is 295 g/mol. The summed E-state index contributed by atoms with van der Waals surface area (Å²) in [4.78, 5) is 21.9. The molecule has 0 heterocycles. The van der Waals surface area contributed by atoms with E-state index >= 15 is 0 Å². The van der Waals surface area contributed by atoms with Crippen molar-refractivity contribution in [1.29, 1.82) is 0 Å². The maximum absolute atomic E-state index is 11.9. The van der Waals surface area contributed by atoms with Crippen LogP contribution in [0.5, 0.6) is 0 Å². The summed E-state index contributed by atoms with van der Waals surface area (Å²) >= 11 is 11.6. The molecule has 0 radical (unpaired) electrons. The number of ether oxygens (including phenoxy) is 1. The zero-order valence-electron chi connectivity index (χ0n) is 10.3. The van der Waals surface area contributed by atoms with Crippen LogP contribution in [-0.4, -0.2) is 30.6 Å². The average molecular weight is 307 g/mol. The van der Waals surface area contributed by atoms with Crippen molar-refractivity contribution in [2.75, 3.05) is 13.7 Å². The third-order valence-electron chi connectivity index (χ3n) is 2.42. The SMILES string of the molecule is COC(C)CNC(=O)c1cc([N+](=O)[O-])cc(Cl)c1Cl. The highest BCUT2D eigenvalue weighted by atomic mass is 35.5. The minimum Gasteiger partial charge on any atom is -0.380 e. The molecular formula is C11H12Cl2N2O4. The lowest BCUT2D eigenvalue weighted by molar-refractivity contribution is -0.384. The van der Waals surface area contributed by atoms with E-state index in [1.165, 1.54) is 7.11 Å². The van der Waals surface area contributed by atoms with Crippen molar-refractivity contribution < 1.29 is 14.5 Å². The van der Waals surface area contributed by atoms with E-state index in [9.17, 15) is 14.9 Å². The number of amides is 1. The van der Waals surface area contributed by atoms with Crippen LogP contribution in [0.1, 0.15) is 17.3 Å². The fourth-order valence-electron chi connectivity index (χ4n) is 1.26. The number of carbonyl (C=O) groups is 1. The quantitative estimate of drug-likeness (QED) is 0.670. The van der Waals surface area contributed by atoms with Crippen LogP contribution in [0.2, 0.25) is 10.0 Å². The molecule has 1 unspecified atom stereocenters. The predicted molar refractivity (Wildman–Crippen MR) is 71.9 cm³/mol. The van der Waals surface area contributed by atoms with E-state index in [0.29, 0.717) is 0 Å². The van der Waals surface area contributed by atoms with Gasteiger partial charge in [-0.05, 0) is 6.92 Å². The Hall–Kier alpha value is -1.37. The molecule has 0 fully saturated rings. The summed E-state index contributed by atoms with van der Waals surface area (Å²) in [5.74, 6) is -0.542. The average Bonchev–Trinajstić information content (AvgIpc) is 2.38. The van der Waals surface area contributed by atoms with Crippen LogP contribution in [0.4, 0.5) is 5.69 Å². The molecule has 1 amide bonds. The highest BCUT2D eigenvalue weighted by Crippen LogP contribution is 2.30. The van der Waals surface area contributed by atoms with Crippen LogP contribution in [0.3, 0.4) is 0 Å². The fourth-order valence-corrected chi connectivity index (χ4v) is 1.67. The van der Waals surface area contributed by atoms with E-state index < -0.39 is 10.8 Å². The van der Waals surface area contributed by atoms with Gasteiger partial charge in [0, 0.05) is 25.8 Å². The summed E-state index contributed by atoms with van der Waals surface area (Å²) < 4.78 is 4.97. The van der Waals surface area contributed by atoms with Gasteiger partial charge in [-0.1, -0.05) is 23.2 Å². The molecule has 0 aliphatic rings. The van der Waals surface area contributed by atoms with E-state index in [1.54, 1.807) is 6.92 Å². The Morgan fingerprint density at radius 3 is 2.68 bits per heavy atom. The van der Waals surface area contributed by atoms with Crippen molar-refractivity contribution in [3.05, 3.63) is 37.9 Å². The number of hydrogen-bond donors (Lipinski definition) is 1. The van der Waals surface area contributed by atoms with Gasteiger partial charge in [0.15, 0.2) is 0 Å². The van der Waals surface area contributed by atoms with Gasteiger partial charge < -0.3 is 10.1 Å². The molecule has 0 saturated heterocycles. The van der Waals surface area contributed by atoms with Crippen LogP contribution in [0, 0.1) is 10.1 Å². The van der Waals surface area contributed by atoms with Crippen molar-refractivity contribution in [3.8, 4) is 0 Å². The van der Waals surface area contributed by atoms with E-state index in [-0.39, 0.29) is 33.9 Å². The lowest BCUT2D eigenvalue weighted by Gasteiger charge is -2.11. The molecule has 0 saturated carbocycles. The molecule has 1 N–H and O–H groups in total. The maximum atomic E-state index is 11.9. The molecule has 1 aromatic carbocycles. The standard InChI is InChI=1S/C11H12Cl2N2O4/c1-6(19-2)5-14-11(16)8-3-7(15(17)18)4-9(12)10(8)13/h3-4,6H,5H2,1-2H3,(H,14,16). The monoisotopic (exact) mass is 306 g/mol. The van der Waals surface area contributed by atoms with E-state index in [4.69, 9.17) is 27.9 Å². The van der Waals surface area contributed by atoms with Crippen LogP contribution >= 0.6 is 23.2 Å². The Bertz CT molecular complexity index is 508. The lowest BCUT2D eigenvalue weighted by atomic mass is 10.2. The topological polar surface area (TPSA) is 81.5 Å². The first kappa shape index (κ1) is 15.7. The molecule has 0 aliphatic heterocycles. The number of hydrogen-bond acceptors (Lipinski definition) is 4. The van der Waals surface area contributed by atoms with E-state index in [1.807, 2.05) is 0 Å². The first-order valence-corrected chi connectivity index (χ1v) is 6.06. The van der Waals surface area contributed by atoms with Gasteiger partial charge in [-0.3, -0.25) is 14.9 Å². The Morgan fingerprint density at radius 2 is 2.16 bits per heavy atom. The Balaban J connectivity index is 2.98. The lowest BCUT2D eigenvalue weighted by Crippen LogP contribution is -2.31. The summed E-state index contributed by atoms with van der Waals surface area (Å²) in [6.07, 6.45) is -0.183. The van der Waals surface area contributed by atoms with E-state index in [0.717, 1.165) is 12.1 Å². The number of nitrogens with zero attached hydrogens (tertiary/aromatic N) is 1. The number of carbonyl (C=O) groups excluding carboxylic acids is 1. The van der Waals surface area contributed by atoms with Crippen LogP contribution in [-0.2, 0) is 4.74 Å². The van der Waals surface area contributed by atoms with Gasteiger partial charge in [-0.25, -0.2) is 0 Å². The Kier molecular flexibility index (Phi) is 5.53. The van der Waals surface area contributed by atoms with Crippen molar-refractivity contribution >= 4 is 34.8 Å². The second kappa shape index (κ2) is 6.70. The molecule has 104 valence electrons. The smallest absolute Gasteiger partial charge is 0.271 e. The summed E-state index contributed by atoms with van der Waals surface area (Å²) in [7, 11) is 1.51. The normalized spacial score (nSPS) is 12.0. The van der Waals surface area contributed by atoms with Crippen molar-refractivity contribution in [3.63, 3.8) is 0 Å². The Labute approximate surface area is 119 Å². The van der Waals surface area contributed by atoms with Gasteiger partial charge in [0.25, 0.3) is 11.6 Å². The summed E-state index contributed by atoms with van der Waals surface area (Å²) in [5, 5.41) is 13.2. The summed E-state index contributed by atoms with van der Waals surface area (Å²) in [6, 6.07) is 2.18. The first-order chi connectivity index (χ1) is 8.86. The molecule has 0 bridgehead atoms. The maximum Gasteiger partial charge on any atom is 0.271 e. The second-order valence-corrected chi connectivity index (χ2v) is 4.59. The Morgan fingerprint density at radius 1 is 1.53 bits per heavy atom. The van der Waals surface area contributed by atoms with Crippen molar-refractivity contribution in [2.45, 2.75) is 13.0 Å². The fraction of sp³-hybridized carbons (Fsp3) is 0.364. The molecule has 8 heteroatoms. The third kappa shape index (κ3) is 4.05. The van der Waals surface area contributed by atoms with Gasteiger partial charge >= 0.3 is 0 Å². The number of rotatable bonds is 5. The minimum absolute atomic E-state index is 0.0187. The zero-order valence-corrected chi connectivity index (χ0v) is 11.8. The molecule has 0 spiro atoms. The summed E-state index contributed by atoms with van der Waals surface area (Å²) in [6.45, 7) is 2.02. The molecule has 6 nitrogen and oxygen atoms in total. The van der Waals surface area contributed by atoms with Gasteiger partial charge in [0.2, 0.25) is 0 Å². The number of nitro groups is 1. The zero-order chi connectivity index (χ0) is 14.6.